The second-order valence-corrected chi connectivity index (χ2v) is 6.62. The van der Waals surface area contributed by atoms with Gasteiger partial charge in [-0.05, 0) is 47.4 Å². The summed E-state index contributed by atoms with van der Waals surface area (Å²) in [5.74, 6) is 0.00164. The minimum absolute atomic E-state index is 0.00164. The van der Waals surface area contributed by atoms with Crippen LogP contribution in [0.4, 0.5) is 0 Å². The highest BCUT2D eigenvalue weighted by Gasteiger charge is 2.31. The molecule has 7 nitrogen and oxygen atoms in total. The van der Waals surface area contributed by atoms with Crippen molar-refractivity contribution in [1.82, 2.24) is 25.1 Å². The molecular formula is C18H25N5O2. The highest BCUT2D eigenvalue weighted by Crippen LogP contribution is 2.25. The molecule has 1 aromatic heterocycles. The molecule has 134 valence electrons. The standard InChI is InChI=1S/C18H25N5O2/c1-2-11-23(16-5-3-4-6-17(16)24)18(25)15-9-7-14(8-10-15)12-22-13-19-20-21-22/h7-10,13,16-17,24H,2-6,11-12H2,1H3/t16-,17-/m1/s1. The number of benzene rings is 1. The molecule has 3 rings (SSSR count). The number of hydrogen-bond donors (Lipinski definition) is 1. The molecule has 1 saturated carbocycles. The van der Waals surface area contributed by atoms with Gasteiger partial charge in [0.05, 0.1) is 18.7 Å². The number of rotatable bonds is 6. The van der Waals surface area contributed by atoms with Crippen molar-refractivity contribution in [3.8, 4) is 0 Å². The molecule has 1 amide bonds. The summed E-state index contributed by atoms with van der Waals surface area (Å²) in [5, 5.41) is 21.4. The highest BCUT2D eigenvalue weighted by molar-refractivity contribution is 5.94. The minimum Gasteiger partial charge on any atom is -0.391 e. The van der Waals surface area contributed by atoms with Crippen LogP contribution >= 0.6 is 0 Å². The van der Waals surface area contributed by atoms with E-state index in [4.69, 9.17) is 0 Å². The Morgan fingerprint density at radius 2 is 2.04 bits per heavy atom. The number of hydrogen-bond acceptors (Lipinski definition) is 5. The van der Waals surface area contributed by atoms with E-state index in [0.29, 0.717) is 18.7 Å². The lowest BCUT2D eigenvalue weighted by Crippen LogP contribution is -2.48. The van der Waals surface area contributed by atoms with Crippen molar-refractivity contribution >= 4 is 5.91 Å². The Kier molecular flexibility index (Phi) is 5.75. The van der Waals surface area contributed by atoms with Crippen LogP contribution in [0.3, 0.4) is 0 Å². The lowest BCUT2D eigenvalue weighted by molar-refractivity contribution is 0.0178. The molecule has 1 aromatic carbocycles. The number of nitrogens with zero attached hydrogens (tertiary/aromatic N) is 5. The van der Waals surface area contributed by atoms with E-state index in [-0.39, 0.29) is 11.9 Å². The number of aliphatic hydroxyl groups is 1. The fourth-order valence-electron chi connectivity index (χ4n) is 3.47. The van der Waals surface area contributed by atoms with E-state index < -0.39 is 6.10 Å². The average molecular weight is 343 g/mol. The predicted molar refractivity (Wildman–Crippen MR) is 93.0 cm³/mol. The second-order valence-electron chi connectivity index (χ2n) is 6.62. The summed E-state index contributed by atoms with van der Waals surface area (Å²) in [6.07, 6.45) is 5.80. The second kappa shape index (κ2) is 8.20. The fraction of sp³-hybridized carbons (Fsp3) is 0.556. The van der Waals surface area contributed by atoms with Crippen molar-refractivity contribution in [3.63, 3.8) is 0 Å². The van der Waals surface area contributed by atoms with E-state index in [0.717, 1.165) is 37.7 Å². The van der Waals surface area contributed by atoms with Gasteiger partial charge >= 0.3 is 0 Å². The maximum atomic E-state index is 13.0. The number of aliphatic hydroxyl groups excluding tert-OH is 1. The molecule has 1 fully saturated rings. The first-order valence-corrected chi connectivity index (χ1v) is 8.97. The molecule has 7 heteroatoms. The molecule has 2 aromatic rings. The summed E-state index contributed by atoms with van der Waals surface area (Å²) in [7, 11) is 0. The quantitative estimate of drug-likeness (QED) is 0.866. The van der Waals surface area contributed by atoms with Crippen LogP contribution in [-0.2, 0) is 6.54 Å². The van der Waals surface area contributed by atoms with Crippen molar-refractivity contribution in [3.05, 3.63) is 41.7 Å². The number of amides is 1. The Bertz CT molecular complexity index is 671. The summed E-state index contributed by atoms with van der Waals surface area (Å²) in [4.78, 5) is 14.8. The molecule has 0 radical (unpaired) electrons. The first-order valence-electron chi connectivity index (χ1n) is 8.97. The summed E-state index contributed by atoms with van der Waals surface area (Å²) < 4.78 is 1.64. The molecule has 0 spiro atoms. The first kappa shape index (κ1) is 17.5. The maximum Gasteiger partial charge on any atom is 0.254 e. The van der Waals surface area contributed by atoms with Gasteiger partial charge in [-0.1, -0.05) is 31.9 Å². The molecule has 1 N–H and O–H groups in total. The zero-order valence-electron chi connectivity index (χ0n) is 14.6. The molecule has 0 bridgehead atoms. The number of carbonyl (C=O) groups excluding carboxylic acids is 1. The van der Waals surface area contributed by atoms with E-state index in [1.807, 2.05) is 29.2 Å². The molecule has 0 saturated heterocycles. The van der Waals surface area contributed by atoms with E-state index >= 15 is 0 Å². The van der Waals surface area contributed by atoms with Crippen LogP contribution in [0, 0.1) is 0 Å². The van der Waals surface area contributed by atoms with Gasteiger partial charge in [0.2, 0.25) is 0 Å². The van der Waals surface area contributed by atoms with Gasteiger partial charge in [0.25, 0.3) is 5.91 Å². The van der Waals surface area contributed by atoms with Crippen molar-refractivity contribution < 1.29 is 9.90 Å². The Morgan fingerprint density at radius 3 is 2.68 bits per heavy atom. The monoisotopic (exact) mass is 343 g/mol. The number of carbonyl (C=O) groups is 1. The predicted octanol–water partition coefficient (Wildman–Crippen LogP) is 1.88. The number of aromatic nitrogens is 4. The van der Waals surface area contributed by atoms with Crippen molar-refractivity contribution in [1.29, 1.82) is 0 Å². The largest absolute Gasteiger partial charge is 0.391 e. The van der Waals surface area contributed by atoms with Crippen LogP contribution in [0.2, 0.25) is 0 Å². The summed E-state index contributed by atoms with van der Waals surface area (Å²) in [6, 6.07) is 7.48. The minimum atomic E-state index is -0.414. The van der Waals surface area contributed by atoms with Gasteiger partial charge in [-0.15, -0.1) is 5.10 Å². The SMILES string of the molecule is CCCN(C(=O)c1ccc(Cn2cnnn2)cc1)[C@@H]1CCCC[C@H]1O. The summed E-state index contributed by atoms with van der Waals surface area (Å²) in [5.41, 5.74) is 1.69. The van der Waals surface area contributed by atoms with Crippen molar-refractivity contribution in [2.24, 2.45) is 0 Å². The van der Waals surface area contributed by atoms with Crippen LogP contribution in [0.25, 0.3) is 0 Å². The van der Waals surface area contributed by atoms with Gasteiger partial charge < -0.3 is 10.0 Å². The topological polar surface area (TPSA) is 84.1 Å². The molecule has 1 aliphatic carbocycles. The van der Waals surface area contributed by atoms with Crippen LogP contribution in [0.5, 0.6) is 0 Å². The van der Waals surface area contributed by atoms with Crippen LogP contribution in [0.1, 0.15) is 54.9 Å². The Labute approximate surface area is 147 Å². The van der Waals surface area contributed by atoms with Gasteiger partial charge in [-0.2, -0.15) is 0 Å². The third-order valence-electron chi connectivity index (χ3n) is 4.76. The lowest BCUT2D eigenvalue weighted by atomic mass is 9.90. The van der Waals surface area contributed by atoms with E-state index in [1.165, 1.54) is 0 Å². The van der Waals surface area contributed by atoms with Gasteiger partial charge in [-0.25, -0.2) is 4.68 Å². The van der Waals surface area contributed by atoms with Crippen LogP contribution in [0.15, 0.2) is 30.6 Å². The smallest absolute Gasteiger partial charge is 0.254 e. The third-order valence-corrected chi connectivity index (χ3v) is 4.76. The Morgan fingerprint density at radius 1 is 1.28 bits per heavy atom. The van der Waals surface area contributed by atoms with Gasteiger partial charge in [-0.3, -0.25) is 4.79 Å². The number of tetrazole rings is 1. The highest BCUT2D eigenvalue weighted by atomic mass is 16.3. The molecule has 0 aliphatic heterocycles. The van der Waals surface area contributed by atoms with E-state index in [1.54, 1.807) is 11.0 Å². The van der Waals surface area contributed by atoms with Crippen LogP contribution in [-0.4, -0.2) is 54.8 Å². The van der Waals surface area contributed by atoms with Gasteiger partial charge in [0.1, 0.15) is 6.33 Å². The maximum absolute atomic E-state index is 13.0. The normalized spacial score (nSPS) is 20.4. The summed E-state index contributed by atoms with van der Waals surface area (Å²) >= 11 is 0. The molecule has 1 aliphatic rings. The summed E-state index contributed by atoms with van der Waals surface area (Å²) in [6.45, 7) is 3.30. The van der Waals surface area contributed by atoms with E-state index in [2.05, 4.69) is 22.4 Å². The Balaban J connectivity index is 1.72. The lowest BCUT2D eigenvalue weighted by Gasteiger charge is -2.37. The average Bonchev–Trinajstić information content (AvgIpc) is 3.14. The molecule has 2 atom stereocenters. The molecular weight excluding hydrogens is 318 g/mol. The van der Waals surface area contributed by atoms with Crippen LogP contribution < -0.4 is 0 Å². The van der Waals surface area contributed by atoms with Gasteiger partial charge in [0.15, 0.2) is 0 Å². The van der Waals surface area contributed by atoms with E-state index in [9.17, 15) is 9.90 Å². The third kappa shape index (κ3) is 4.22. The molecule has 25 heavy (non-hydrogen) atoms. The molecule has 0 unspecified atom stereocenters. The first-order chi connectivity index (χ1) is 12.2. The zero-order chi connectivity index (χ0) is 17.6. The zero-order valence-corrected chi connectivity index (χ0v) is 14.6. The van der Waals surface area contributed by atoms with Gasteiger partial charge in [0, 0.05) is 12.1 Å². The Hall–Kier alpha value is -2.28. The molecule has 1 heterocycles. The van der Waals surface area contributed by atoms with Crippen molar-refractivity contribution in [2.45, 2.75) is 57.7 Å². The fourth-order valence-corrected chi connectivity index (χ4v) is 3.47. The van der Waals surface area contributed by atoms with Crippen molar-refractivity contribution in [2.75, 3.05) is 6.54 Å².